The molecule has 0 fully saturated rings. The fourth-order valence-corrected chi connectivity index (χ4v) is 3.88. The number of nitro groups is 1. The summed E-state index contributed by atoms with van der Waals surface area (Å²) in [4.78, 5) is 41.0. The quantitative estimate of drug-likeness (QED) is 0.486. The van der Waals surface area contributed by atoms with E-state index >= 15 is 0 Å². The second-order valence-electron chi connectivity index (χ2n) is 6.90. The van der Waals surface area contributed by atoms with E-state index < -0.39 is 16.8 Å². The molecule has 0 saturated heterocycles. The molecule has 1 aromatic carbocycles. The summed E-state index contributed by atoms with van der Waals surface area (Å²) in [6, 6.07) is 6.38. The molecule has 2 atom stereocenters. The molecule has 1 aliphatic heterocycles. The van der Waals surface area contributed by atoms with Gasteiger partial charge in [-0.25, -0.2) is 0 Å². The van der Waals surface area contributed by atoms with E-state index in [9.17, 15) is 19.7 Å². The largest absolute Gasteiger partial charge is 0.299 e. The fourth-order valence-electron chi connectivity index (χ4n) is 3.88. The molecule has 0 aromatic heterocycles. The Morgan fingerprint density at radius 2 is 1.74 bits per heavy atom. The van der Waals surface area contributed by atoms with Crippen LogP contribution in [0.1, 0.15) is 64.9 Å². The first-order valence-corrected chi connectivity index (χ1v) is 9.38. The van der Waals surface area contributed by atoms with Gasteiger partial charge in [-0.1, -0.05) is 44.9 Å². The highest BCUT2D eigenvalue weighted by atomic mass is 16.6. The molecular formula is C21H26N2O4. The van der Waals surface area contributed by atoms with Crippen molar-refractivity contribution in [1.29, 1.82) is 0 Å². The minimum Gasteiger partial charge on any atom is -0.299 e. The maximum absolute atomic E-state index is 12.6. The molecule has 0 amide bonds. The van der Waals surface area contributed by atoms with E-state index in [1.54, 1.807) is 18.2 Å². The van der Waals surface area contributed by atoms with Crippen LogP contribution in [0, 0.1) is 16.0 Å². The fraction of sp³-hybridized carbons (Fsp3) is 0.476. The van der Waals surface area contributed by atoms with E-state index in [2.05, 4.69) is 0 Å². The average molecular weight is 370 g/mol. The molecule has 6 nitrogen and oxygen atoms in total. The van der Waals surface area contributed by atoms with Crippen LogP contribution in [-0.2, 0) is 9.59 Å². The number of allylic oxidation sites excluding steroid dienone is 2. The topological polar surface area (TPSA) is 89.6 Å². The predicted molar refractivity (Wildman–Crippen MR) is 105 cm³/mol. The first kappa shape index (κ1) is 20.7. The summed E-state index contributed by atoms with van der Waals surface area (Å²) in [7, 11) is 0. The number of carbonyl (C=O) groups is 2. The number of nitrogens with zero attached hydrogens (tertiary/aromatic N) is 2. The van der Waals surface area contributed by atoms with Crippen molar-refractivity contribution < 1.29 is 14.5 Å². The number of aliphatic imine (C=N–C) groups is 1. The van der Waals surface area contributed by atoms with Crippen molar-refractivity contribution in [3.63, 3.8) is 0 Å². The Morgan fingerprint density at radius 1 is 1.11 bits per heavy atom. The molecule has 1 aromatic rings. The first-order chi connectivity index (χ1) is 12.8. The third-order valence-corrected chi connectivity index (χ3v) is 4.87. The average Bonchev–Trinajstić information content (AvgIpc) is 2.61. The highest BCUT2D eigenvalue weighted by molar-refractivity contribution is 6.10. The highest BCUT2D eigenvalue weighted by Crippen LogP contribution is 2.44. The number of para-hydroxylation sites is 1. The lowest BCUT2D eigenvalue weighted by Gasteiger charge is -2.33. The van der Waals surface area contributed by atoms with E-state index in [1.165, 1.54) is 19.9 Å². The van der Waals surface area contributed by atoms with Gasteiger partial charge in [0.15, 0.2) is 5.78 Å². The third kappa shape index (κ3) is 4.21. The number of benzene rings is 1. The molecular weight excluding hydrogens is 344 g/mol. The summed E-state index contributed by atoms with van der Waals surface area (Å²) >= 11 is 0. The molecule has 0 N–H and O–H groups in total. The van der Waals surface area contributed by atoms with Crippen LogP contribution in [0.5, 0.6) is 0 Å². The van der Waals surface area contributed by atoms with Crippen LogP contribution in [0.2, 0.25) is 0 Å². The lowest BCUT2D eigenvalue weighted by atomic mass is 9.71. The van der Waals surface area contributed by atoms with E-state index in [0.29, 0.717) is 29.7 Å². The lowest BCUT2D eigenvalue weighted by molar-refractivity contribution is -0.385. The van der Waals surface area contributed by atoms with Crippen LogP contribution < -0.4 is 0 Å². The molecule has 0 bridgehead atoms. The van der Waals surface area contributed by atoms with Crippen LogP contribution in [-0.4, -0.2) is 22.2 Å². The number of nitro benzene ring substituents is 1. The zero-order valence-electron chi connectivity index (χ0n) is 16.3. The number of ketones is 2. The van der Waals surface area contributed by atoms with Gasteiger partial charge < -0.3 is 0 Å². The second kappa shape index (κ2) is 8.84. The monoisotopic (exact) mass is 370 g/mol. The van der Waals surface area contributed by atoms with Crippen LogP contribution in [0.4, 0.5) is 5.69 Å². The summed E-state index contributed by atoms with van der Waals surface area (Å²) < 4.78 is 0. The van der Waals surface area contributed by atoms with Crippen LogP contribution in [0.3, 0.4) is 0 Å². The van der Waals surface area contributed by atoms with Crippen molar-refractivity contribution in [2.24, 2.45) is 10.9 Å². The minimum absolute atomic E-state index is 0.0684. The molecule has 0 saturated carbocycles. The van der Waals surface area contributed by atoms with Crippen LogP contribution >= 0.6 is 0 Å². The predicted octanol–water partition coefficient (Wildman–Crippen LogP) is 4.78. The molecule has 1 aliphatic rings. The number of Topliss-reactive ketones (excluding diaryl/α,β-unsaturated/α-hetero) is 2. The van der Waals surface area contributed by atoms with E-state index in [1.807, 2.05) is 13.8 Å². The number of hydrogen-bond acceptors (Lipinski definition) is 5. The maximum atomic E-state index is 12.6. The van der Waals surface area contributed by atoms with Gasteiger partial charge in [0, 0.05) is 34.5 Å². The molecule has 0 radical (unpaired) electrons. The van der Waals surface area contributed by atoms with Gasteiger partial charge in [0.2, 0.25) is 0 Å². The SMILES string of the molecule is CCCC1=NC(CCC)=C(C(C)=O)C(c2ccccc2[N+](=O)[O-])C1C(C)=O. The summed E-state index contributed by atoms with van der Waals surface area (Å²) in [5.41, 5.74) is 2.16. The molecule has 0 spiro atoms. The molecule has 27 heavy (non-hydrogen) atoms. The molecule has 0 aliphatic carbocycles. The van der Waals surface area contributed by atoms with Gasteiger partial charge in [-0.05, 0) is 26.7 Å². The minimum atomic E-state index is -0.665. The van der Waals surface area contributed by atoms with Crippen molar-refractivity contribution in [3.8, 4) is 0 Å². The van der Waals surface area contributed by atoms with Gasteiger partial charge in [-0.3, -0.25) is 24.7 Å². The van der Waals surface area contributed by atoms with Gasteiger partial charge in [-0.2, -0.15) is 0 Å². The summed E-state index contributed by atoms with van der Waals surface area (Å²) in [5.74, 6) is -1.63. The van der Waals surface area contributed by atoms with Crippen molar-refractivity contribution >= 4 is 23.0 Å². The van der Waals surface area contributed by atoms with E-state index in [4.69, 9.17) is 4.99 Å². The first-order valence-electron chi connectivity index (χ1n) is 9.38. The Bertz CT molecular complexity index is 823. The Morgan fingerprint density at radius 3 is 2.26 bits per heavy atom. The zero-order valence-corrected chi connectivity index (χ0v) is 16.3. The Labute approximate surface area is 159 Å². The number of carbonyl (C=O) groups excluding carboxylic acids is 2. The summed E-state index contributed by atoms with van der Waals surface area (Å²) in [6.45, 7) is 6.92. The van der Waals surface area contributed by atoms with E-state index in [0.717, 1.165) is 18.6 Å². The zero-order chi connectivity index (χ0) is 20.1. The number of hydrogen-bond donors (Lipinski definition) is 0. The molecule has 6 heteroatoms. The molecule has 144 valence electrons. The molecule has 2 unspecified atom stereocenters. The number of rotatable bonds is 8. The van der Waals surface area contributed by atoms with Crippen molar-refractivity contribution in [2.75, 3.05) is 0 Å². The lowest BCUT2D eigenvalue weighted by Crippen LogP contribution is -2.35. The van der Waals surface area contributed by atoms with E-state index in [-0.39, 0.29) is 17.3 Å². The third-order valence-electron chi connectivity index (χ3n) is 4.87. The normalized spacial score (nSPS) is 19.6. The van der Waals surface area contributed by atoms with Gasteiger partial charge in [0.1, 0.15) is 5.78 Å². The summed E-state index contributed by atoms with van der Waals surface area (Å²) in [6.07, 6.45) is 2.83. The second-order valence-corrected chi connectivity index (χ2v) is 6.90. The Balaban J connectivity index is 2.83. The van der Waals surface area contributed by atoms with Crippen molar-refractivity contribution in [2.45, 2.75) is 59.3 Å². The van der Waals surface area contributed by atoms with Gasteiger partial charge in [-0.15, -0.1) is 0 Å². The molecule has 1 heterocycles. The van der Waals surface area contributed by atoms with Crippen LogP contribution in [0.25, 0.3) is 0 Å². The molecule has 2 rings (SSSR count). The van der Waals surface area contributed by atoms with Crippen molar-refractivity contribution in [3.05, 3.63) is 51.2 Å². The van der Waals surface area contributed by atoms with Gasteiger partial charge in [0.25, 0.3) is 5.69 Å². The Kier molecular flexibility index (Phi) is 6.77. The maximum Gasteiger partial charge on any atom is 0.273 e. The van der Waals surface area contributed by atoms with Crippen LogP contribution in [0.15, 0.2) is 40.5 Å². The smallest absolute Gasteiger partial charge is 0.273 e. The highest BCUT2D eigenvalue weighted by Gasteiger charge is 2.42. The Hall–Kier alpha value is -2.63. The van der Waals surface area contributed by atoms with Crippen molar-refractivity contribution in [1.82, 2.24) is 0 Å². The standard InChI is InChI=1S/C21H26N2O4/c1-5-9-16-19(13(3)24)21(15-11-7-8-12-18(15)23(26)27)20(14(4)25)17(22-16)10-6-2/h7-8,11-12,19,21H,5-6,9-10H2,1-4H3. The van der Waals surface area contributed by atoms with Gasteiger partial charge in [0.05, 0.1) is 10.8 Å². The summed E-state index contributed by atoms with van der Waals surface area (Å²) in [5, 5.41) is 11.6. The van der Waals surface area contributed by atoms with Gasteiger partial charge >= 0.3 is 0 Å².